The highest BCUT2D eigenvalue weighted by molar-refractivity contribution is 6.30. The summed E-state index contributed by atoms with van der Waals surface area (Å²) in [5, 5.41) is 4.27. The van der Waals surface area contributed by atoms with Gasteiger partial charge in [0.25, 0.3) is 0 Å². The average Bonchev–Trinajstić information content (AvgIpc) is 2.42. The van der Waals surface area contributed by atoms with E-state index in [4.69, 9.17) is 11.6 Å². The molecule has 1 unspecified atom stereocenters. The molecule has 0 bridgehead atoms. The molecule has 2 aromatic rings. The molecule has 0 saturated carbocycles. The molecular weight excluding hydrogens is 254 g/mol. The van der Waals surface area contributed by atoms with Crippen LogP contribution >= 0.6 is 11.6 Å². The quantitative estimate of drug-likeness (QED) is 0.784. The Bertz CT molecular complexity index is 522. The van der Waals surface area contributed by atoms with Crippen molar-refractivity contribution in [2.75, 3.05) is 11.9 Å². The van der Waals surface area contributed by atoms with Gasteiger partial charge in [-0.2, -0.15) is 0 Å². The van der Waals surface area contributed by atoms with Crippen LogP contribution in [-0.4, -0.2) is 6.54 Å². The summed E-state index contributed by atoms with van der Waals surface area (Å²) in [4.78, 5) is 0. The first-order valence-electron chi connectivity index (χ1n) is 6.72. The lowest BCUT2D eigenvalue weighted by Crippen LogP contribution is -2.06. The number of rotatable bonds is 5. The Labute approximate surface area is 120 Å². The minimum absolute atomic E-state index is 0.571. The summed E-state index contributed by atoms with van der Waals surface area (Å²) in [6.07, 6.45) is 1.12. The van der Waals surface area contributed by atoms with E-state index in [2.05, 4.69) is 49.5 Å². The predicted octanol–water partition coefficient (Wildman–Crippen LogP) is 5.25. The summed E-state index contributed by atoms with van der Waals surface area (Å²) < 4.78 is 0. The number of nitrogens with one attached hydrogen (secondary N) is 1. The van der Waals surface area contributed by atoms with Gasteiger partial charge in [-0.15, -0.1) is 0 Å². The van der Waals surface area contributed by atoms with Crippen LogP contribution in [0, 0.1) is 6.92 Å². The molecule has 2 aromatic carbocycles. The maximum atomic E-state index is 5.95. The molecular formula is C17H20ClN. The van der Waals surface area contributed by atoms with E-state index in [9.17, 15) is 0 Å². The second kappa shape index (κ2) is 6.63. The van der Waals surface area contributed by atoms with E-state index < -0.39 is 0 Å². The second-order valence-corrected chi connectivity index (χ2v) is 5.42. The van der Waals surface area contributed by atoms with Crippen LogP contribution in [0.2, 0.25) is 5.02 Å². The van der Waals surface area contributed by atoms with Gasteiger partial charge < -0.3 is 5.32 Å². The van der Waals surface area contributed by atoms with Crippen molar-refractivity contribution in [1.29, 1.82) is 0 Å². The number of benzene rings is 2. The lowest BCUT2D eigenvalue weighted by Gasteiger charge is -2.14. The first-order chi connectivity index (χ1) is 9.16. The lowest BCUT2D eigenvalue weighted by atomic mass is 9.98. The van der Waals surface area contributed by atoms with Gasteiger partial charge in [0.15, 0.2) is 0 Å². The van der Waals surface area contributed by atoms with Gasteiger partial charge >= 0.3 is 0 Å². The molecule has 0 spiro atoms. The number of anilines is 1. The van der Waals surface area contributed by atoms with Crippen LogP contribution in [0.15, 0.2) is 48.5 Å². The Morgan fingerprint density at radius 2 is 1.84 bits per heavy atom. The largest absolute Gasteiger partial charge is 0.385 e. The number of hydrogen-bond donors (Lipinski definition) is 1. The van der Waals surface area contributed by atoms with Crippen LogP contribution in [0.25, 0.3) is 0 Å². The first kappa shape index (κ1) is 14.0. The molecule has 0 amide bonds. The van der Waals surface area contributed by atoms with E-state index in [1.54, 1.807) is 0 Å². The van der Waals surface area contributed by atoms with Crippen molar-refractivity contribution in [3.8, 4) is 0 Å². The van der Waals surface area contributed by atoms with Crippen molar-refractivity contribution in [2.45, 2.75) is 26.2 Å². The molecule has 0 aromatic heterocycles. The monoisotopic (exact) mass is 273 g/mol. The highest BCUT2D eigenvalue weighted by Crippen LogP contribution is 2.21. The third-order valence-corrected chi connectivity index (χ3v) is 3.68. The summed E-state index contributed by atoms with van der Waals surface area (Å²) in [7, 11) is 0. The zero-order valence-electron chi connectivity index (χ0n) is 11.5. The third kappa shape index (κ3) is 4.00. The summed E-state index contributed by atoms with van der Waals surface area (Å²) in [6, 6.07) is 16.6. The average molecular weight is 274 g/mol. The van der Waals surface area contributed by atoms with Gasteiger partial charge in [-0.1, -0.05) is 48.9 Å². The van der Waals surface area contributed by atoms with E-state index in [1.807, 2.05) is 18.2 Å². The zero-order valence-corrected chi connectivity index (χ0v) is 12.2. The molecule has 0 radical (unpaired) electrons. The molecule has 0 aliphatic rings. The van der Waals surface area contributed by atoms with Crippen LogP contribution in [0.4, 0.5) is 5.69 Å². The fourth-order valence-electron chi connectivity index (χ4n) is 2.20. The van der Waals surface area contributed by atoms with Crippen molar-refractivity contribution >= 4 is 17.3 Å². The Morgan fingerprint density at radius 1 is 1.11 bits per heavy atom. The van der Waals surface area contributed by atoms with Gasteiger partial charge in [-0.3, -0.25) is 0 Å². The predicted molar refractivity (Wildman–Crippen MR) is 84.2 cm³/mol. The highest BCUT2D eigenvalue weighted by Gasteiger charge is 2.05. The second-order valence-electron chi connectivity index (χ2n) is 4.99. The minimum atomic E-state index is 0.571. The maximum absolute atomic E-state index is 5.95. The molecule has 0 saturated heterocycles. The van der Waals surface area contributed by atoms with Crippen molar-refractivity contribution in [3.63, 3.8) is 0 Å². The van der Waals surface area contributed by atoms with Gasteiger partial charge in [-0.05, 0) is 48.6 Å². The molecule has 0 heterocycles. The molecule has 19 heavy (non-hydrogen) atoms. The molecule has 1 nitrogen and oxygen atoms in total. The zero-order chi connectivity index (χ0) is 13.7. The fourth-order valence-corrected chi connectivity index (χ4v) is 2.42. The summed E-state index contributed by atoms with van der Waals surface area (Å²) in [5.41, 5.74) is 3.77. The van der Waals surface area contributed by atoms with Gasteiger partial charge in [-0.25, -0.2) is 0 Å². The maximum Gasteiger partial charge on any atom is 0.0410 e. The van der Waals surface area contributed by atoms with Gasteiger partial charge in [0.05, 0.1) is 0 Å². The standard InChI is InChI=1S/C17H20ClN/c1-13(15-6-4-3-5-7-15)10-11-19-17-9-8-16(18)12-14(17)2/h3-9,12-13,19H,10-11H2,1-2H3. The van der Waals surface area contributed by atoms with Gasteiger partial charge in [0.2, 0.25) is 0 Å². The third-order valence-electron chi connectivity index (χ3n) is 3.45. The van der Waals surface area contributed by atoms with E-state index in [-0.39, 0.29) is 0 Å². The van der Waals surface area contributed by atoms with Crippen molar-refractivity contribution in [1.82, 2.24) is 0 Å². The first-order valence-corrected chi connectivity index (χ1v) is 7.09. The van der Waals surface area contributed by atoms with E-state index in [0.717, 1.165) is 18.0 Å². The van der Waals surface area contributed by atoms with Crippen LogP contribution in [0.5, 0.6) is 0 Å². The lowest BCUT2D eigenvalue weighted by molar-refractivity contribution is 0.706. The summed E-state index contributed by atoms with van der Waals surface area (Å²) in [5.74, 6) is 0.571. The number of hydrogen-bond acceptors (Lipinski definition) is 1. The van der Waals surface area contributed by atoms with E-state index >= 15 is 0 Å². The summed E-state index contributed by atoms with van der Waals surface area (Å²) in [6.45, 7) is 5.32. The van der Waals surface area contributed by atoms with Crippen LogP contribution < -0.4 is 5.32 Å². The Kier molecular flexibility index (Phi) is 4.86. The van der Waals surface area contributed by atoms with Crippen molar-refractivity contribution in [3.05, 3.63) is 64.7 Å². The molecule has 0 aliphatic heterocycles. The molecule has 100 valence electrons. The van der Waals surface area contributed by atoms with Crippen LogP contribution in [0.1, 0.15) is 30.4 Å². The van der Waals surface area contributed by atoms with Crippen molar-refractivity contribution < 1.29 is 0 Å². The van der Waals surface area contributed by atoms with Crippen LogP contribution in [0.3, 0.4) is 0 Å². The van der Waals surface area contributed by atoms with Crippen molar-refractivity contribution in [2.24, 2.45) is 0 Å². The highest BCUT2D eigenvalue weighted by atomic mass is 35.5. The number of halogens is 1. The fraction of sp³-hybridized carbons (Fsp3) is 0.294. The normalized spacial score (nSPS) is 12.2. The molecule has 0 fully saturated rings. The van der Waals surface area contributed by atoms with E-state index in [1.165, 1.54) is 16.8 Å². The Hall–Kier alpha value is -1.47. The topological polar surface area (TPSA) is 12.0 Å². The minimum Gasteiger partial charge on any atom is -0.385 e. The van der Waals surface area contributed by atoms with E-state index in [0.29, 0.717) is 5.92 Å². The smallest absolute Gasteiger partial charge is 0.0410 e. The Balaban J connectivity index is 1.86. The molecule has 1 N–H and O–H groups in total. The number of aryl methyl sites for hydroxylation is 1. The molecule has 2 rings (SSSR count). The molecule has 2 heteroatoms. The SMILES string of the molecule is Cc1cc(Cl)ccc1NCCC(C)c1ccccc1. The van der Waals surface area contributed by atoms with Gasteiger partial charge in [0, 0.05) is 17.3 Å². The summed E-state index contributed by atoms with van der Waals surface area (Å²) >= 11 is 5.95. The van der Waals surface area contributed by atoms with Gasteiger partial charge in [0.1, 0.15) is 0 Å². The Morgan fingerprint density at radius 3 is 2.53 bits per heavy atom. The molecule has 0 aliphatic carbocycles. The molecule has 1 atom stereocenters. The van der Waals surface area contributed by atoms with Crippen LogP contribution in [-0.2, 0) is 0 Å².